The van der Waals surface area contributed by atoms with Gasteiger partial charge in [-0.3, -0.25) is 14.5 Å². The summed E-state index contributed by atoms with van der Waals surface area (Å²) < 4.78 is 16.0. The van der Waals surface area contributed by atoms with Crippen molar-refractivity contribution in [1.82, 2.24) is 10.2 Å². The van der Waals surface area contributed by atoms with Crippen molar-refractivity contribution >= 4 is 34.4 Å². The predicted molar refractivity (Wildman–Crippen MR) is 113 cm³/mol. The van der Waals surface area contributed by atoms with E-state index in [2.05, 4.69) is 10.3 Å². The molecule has 156 valence electrons. The number of aliphatic imine (C=N–C) groups is 1. The van der Waals surface area contributed by atoms with Crippen molar-refractivity contribution in [1.29, 1.82) is 0 Å². The summed E-state index contributed by atoms with van der Waals surface area (Å²) in [7, 11) is 3.16. The fourth-order valence-electron chi connectivity index (χ4n) is 3.15. The first-order valence-corrected chi connectivity index (χ1v) is 10.2. The van der Waals surface area contributed by atoms with Gasteiger partial charge in [0.05, 0.1) is 24.6 Å². The highest BCUT2D eigenvalue weighted by Crippen LogP contribution is 2.35. The van der Waals surface area contributed by atoms with E-state index in [9.17, 15) is 9.59 Å². The van der Waals surface area contributed by atoms with Crippen LogP contribution in [0.2, 0.25) is 0 Å². The third-order valence-corrected chi connectivity index (χ3v) is 5.94. The Kier molecular flexibility index (Phi) is 5.80. The summed E-state index contributed by atoms with van der Waals surface area (Å²) in [6.45, 7) is 0.507. The fourth-order valence-corrected chi connectivity index (χ4v) is 4.30. The Hall–Kier alpha value is -3.20. The first-order valence-electron chi connectivity index (χ1n) is 9.37. The zero-order valence-corrected chi connectivity index (χ0v) is 17.4. The van der Waals surface area contributed by atoms with E-state index in [0.29, 0.717) is 34.6 Å². The monoisotopic (exact) mass is 427 g/mol. The van der Waals surface area contributed by atoms with Crippen molar-refractivity contribution in [3.05, 3.63) is 48.0 Å². The Balaban J connectivity index is 1.63. The number of fused-ring (bicyclic) bond motifs is 1. The third-order valence-electron chi connectivity index (χ3n) is 4.75. The highest BCUT2D eigenvalue weighted by Gasteiger charge is 2.35. The molecule has 30 heavy (non-hydrogen) atoms. The highest BCUT2D eigenvalue weighted by molar-refractivity contribution is 8.15. The molecule has 2 heterocycles. The topological polar surface area (TPSA) is 89.5 Å². The Morgan fingerprint density at radius 3 is 2.73 bits per heavy atom. The zero-order valence-electron chi connectivity index (χ0n) is 16.6. The van der Waals surface area contributed by atoms with Crippen molar-refractivity contribution in [2.24, 2.45) is 4.99 Å². The van der Waals surface area contributed by atoms with Crippen LogP contribution in [0.3, 0.4) is 0 Å². The first-order chi connectivity index (χ1) is 14.6. The number of carbonyl (C=O) groups is 2. The Morgan fingerprint density at radius 2 is 2.00 bits per heavy atom. The van der Waals surface area contributed by atoms with Crippen molar-refractivity contribution < 1.29 is 23.8 Å². The minimum Gasteiger partial charge on any atom is -0.497 e. The summed E-state index contributed by atoms with van der Waals surface area (Å²) in [5, 5.41) is 2.57. The van der Waals surface area contributed by atoms with Crippen molar-refractivity contribution in [2.45, 2.75) is 18.2 Å². The summed E-state index contributed by atoms with van der Waals surface area (Å²) in [4.78, 5) is 31.4. The van der Waals surface area contributed by atoms with E-state index in [0.717, 1.165) is 5.56 Å². The number of benzene rings is 2. The van der Waals surface area contributed by atoms with Gasteiger partial charge in [0.2, 0.25) is 18.6 Å². The molecule has 1 atom stereocenters. The number of rotatable bonds is 5. The maximum Gasteiger partial charge on any atom is 0.233 e. The second-order valence-electron chi connectivity index (χ2n) is 6.68. The molecule has 1 fully saturated rings. The fraction of sp³-hybridized carbons (Fsp3) is 0.286. The number of methoxy groups -OCH3 is 1. The van der Waals surface area contributed by atoms with Crippen LogP contribution in [-0.4, -0.2) is 48.1 Å². The SMILES string of the molecule is CNC(=O)[C@H]1CC(=O)N(Cc2ccc3c(c2)OCO3)C(=Nc2ccc(OC)cc2)S1. The molecule has 8 nitrogen and oxygen atoms in total. The van der Waals surface area contributed by atoms with Gasteiger partial charge in [-0.05, 0) is 42.0 Å². The lowest BCUT2D eigenvalue weighted by Gasteiger charge is -2.31. The van der Waals surface area contributed by atoms with Gasteiger partial charge in [0.15, 0.2) is 16.7 Å². The molecule has 2 aliphatic rings. The van der Waals surface area contributed by atoms with Crippen LogP contribution in [0.4, 0.5) is 5.69 Å². The predicted octanol–water partition coefficient (Wildman–Crippen LogP) is 2.69. The van der Waals surface area contributed by atoms with Crippen LogP contribution in [0.15, 0.2) is 47.5 Å². The minimum atomic E-state index is -0.521. The Morgan fingerprint density at radius 1 is 1.23 bits per heavy atom. The van der Waals surface area contributed by atoms with Crippen molar-refractivity contribution in [3.63, 3.8) is 0 Å². The first kappa shape index (κ1) is 20.1. The molecule has 0 aromatic heterocycles. The number of ether oxygens (including phenoxy) is 3. The number of carbonyl (C=O) groups excluding carboxylic acids is 2. The lowest BCUT2D eigenvalue weighted by atomic mass is 10.1. The van der Waals surface area contributed by atoms with Gasteiger partial charge in [-0.25, -0.2) is 4.99 Å². The van der Waals surface area contributed by atoms with Crippen molar-refractivity contribution in [3.8, 4) is 17.2 Å². The van der Waals surface area contributed by atoms with E-state index in [-0.39, 0.29) is 25.0 Å². The molecule has 0 bridgehead atoms. The van der Waals surface area contributed by atoms with Gasteiger partial charge in [0.1, 0.15) is 5.75 Å². The summed E-state index contributed by atoms with van der Waals surface area (Å²) in [5.41, 5.74) is 1.55. The van der Waals surface area contributed by atoms with Crippen LogP contribution < -0.4 is 19.5 Å². The van der Waals surface area contributed by atoms with Crippen LogP contribution >= 0.6 is 11.8 Å². The lowest BCUT2D eigenvalue weighted by Crippen LogP contribution is -2.45. The zero-order chi connectivity index (χ0) is 21.1. The average molecular weight is 427 g/mol. The van der Waals surface area contributed by atoms with Crippen LogP contribution in [0, 0.1) is 0 Å². The molecular weight excluding hydrogens is 406 g/mol. The van der Waals surface area contributed by atoms with Crippen LogP contribution in [-0.2, 0) is 16.1 Å². The van der Waals surface area contributed by atoms with E-state index < -0.39 is 5.25 Å². The molecule has 2 aromatic rings. The van der Waals surface area contributed by atoms with Crippen molar-refractivity contribution in [2.75, 3.05) is 21.0 Å². The van der Waals surface area contributed by atoms with Crippen LogP contribution in [0.25, 0.3) is 0 Å². The number of amides is 2. The van der Waals surface area contributed by atoms with Gasteiger partial charge in [-0.2, -0.15) is 0 Å². The molecule has 9 heteroatoms. The molecule has 0 unspecified atom stereocenters. The maximum absolute atomic E-state index is 12.9. The molecule has 0 aliphatic carbocycles. The highest BCUT2D eigenvalue weighted by atomic mass is 32.2. The number of amidine groups is 1. The normalized spacial score (nSPS) is 19.1. The smallest absolute Gasteiger partial charge is 0.233 e. The summed E-state index contributed by atoms with van der Waals surface area (Å²) in [5.74, 6) is 1.70. The number of nitrogens with one attached hydrogen (secondary N) is 1. The van der Waals surface area contributed by atoms with E-state index in [1.807, 2.05) is 18.2 Å². The molecule has 1 saturated heterocycles. The van der Waals surface area contributed by atoms with Gasteiger partial charge in [-0.15, -0.1) is 0 Å². The van der Waals surface area contributed by atoms with E-state index in [1.54, 1.807) is 43.3 Å². The van der Waals surface area contributed by atoms with Gasteiger partial charge in [0, 0.05) is 13.5 Å². The number of nitrogens with zero attached hydrogens (tertiary/aromatic N) is 2. The second-order valence-corrected chi connectivity index (χ2v) is 7.85. The van der Waals surface area contributed by atoms with Crippen LogP contribution in [0.5, 0.6) is 17.2 Å². The van der Waals surface area contributed by atoms with E-state index in [4.69, 9.17) is 14.2 Å². The molecule has 2 aliphatic heterocycles. The summed E-state index contributed by atoms with van der Waals surface area (Å²) >= 11 is 1.28. The largest absolute Gasteiger partial charge is 0.497 e. The molecule has 0 spiro atoms. The molecule has 2 aromatic carbocycles. The van der Waals surface area contributed by atoms with Crippen LogP contribution in [0.1, 0.15) is 12.0 Å². The molecule has 0 radical (unpaired) electrons. The molecule has 1 N–H and O–H groups in total. The Labute approximate surface area is 178 Å². The molecule has 4 rings (SSSR count). The summed E-state index contributed by atoms with van der Waals surface area (Å²) in [6.07, 6.45) is 0.108. The maximum atomic E-state index is 12.9. The third kappa shape index (κ3) is 4.20. The van der Waals surface area contributed by atoms with Gasteiger partial charge >= 0.3 is 0 Å². The standard InChI is InChI=1S/C21H21N3O5S/c1-22-20(26)18-10-19(25)24(11-13-3-8-16-17(9-13)29-12-28-16)21(30-18)23-14-4-6-15(27-2)7-5-14/h3-9,18H,10-12H2,1-2H3,(H,22,26)/t18-/m1/s1. The van der Waals surface area contributed by atoms with E-state index >= 15 is 0 Å². The molecular formula is C21H21N3O5S. The lowest BCUT2D eigenvalue weighted by molar-refractivity contribution is -0.130. The minimum absolute atomic E-state index is 0.108. The average Bonchev–Trinajstić information content (AvgIpc) is 3.23. The molecule has 0 saturated carbocycles. The molecule has 2 amide bonds. The Bertz CT molecular complexity index is 993. The quantitative estimate of drug-likeness (QED) is 0.789. The summed E-state index contributed by atoms with van der Waals surface area (Å²) in [6, 6.07) is 12.8. The number of hydrogen-bond acceptors (Lipinski definition) is 7. The van der Waals surface area contributed by atoms with Gasteiger partial charge in [0.25, 0.3) is 0 Å². The second kappa shape index (κ2) is 8.66. The number of thioether (sulfide) groups is 1. The van der Waals surface area contributed by atoms with E-state index in [1.165, 1.54) is 11.8 Å². The van der Waals surface area contributed by atoms with Gasteiger partial charge in [-0.1, -0.05) is 17.8 Å². The van der Waals surface area contributed by atoms with Gasteiger partial charge < -0.3 is 19.5 Å². The number of hydrogen-bond donors (Lipinski definition) is 1.